The van der Waals surface area contributed by atoms with Gasteiger partial charge in [0.1, 0.15) is 11.6 Å². The number of carbonyl (C=O) groups is 1. The van der Waals surface area contributed by atoms with Crippen molar-refractivity contribution >= 4 is 11.6 Å². The fourth-order valence-corrected chi connectivity index (χ4v) is 1.56. The molecule has 0 aliphatic rings. The first-order valence-corrected chi connectivity index (χ1v) is 5.65. The van der Waals surface area contributed by atoms with E-state index in [0.717, 1.165) is 18.2 Å². The Labute approximate surface area is 112 Å². The van der Waals surface area contributed by atoms with E-state index in [1.54, 1.807) is 0 Å². The Bertz CT molecular complexity index is 693. The highest BCUT2D eigenvalue weighted by molar-refractivity contribution is 5.94. The van der Waals surface area contributed by atoms with E-state index in [0.29, 0.717) is 0 Å². The van der Waals surface area contributed by atoms with Gasteiger partial charge in [0.25, 0.3) is 5.91 Å². The molecule has 1 aromatic heterocycles. The van der Waals surface area contributed by atoms with Crippen LogP contribution in [0.1, 0.15) is 10.4 Å². The van der Waals surface area contributed by atoms with Crippen LogP contribution in [-0.4, -0.2) is 10.5 Å². The number of pyridine rings is 1. The number of rotatable bonds is 3. The fourth-order valence-electron chi connectivity index (χ4n) is 1.56. The van der Waals surface area contributed by atoms with Gasteiger partial charge in [-0.25, -0.2) is 8.78 Å². The van der Waals surface area contributed by atoms with Crippen LogP contribution in [0.2, 0.25) is 0 Å². The van der Waals surface area contributed by atoms with E-state index in [-0.39, 0.29) is 16.8 Å². The highest BCUT2D eigenvalue weighted by Crippen LogP contribution is 2.11. The second-order valence-electron chi connectivity index (χ2n) is 4.10. The Morgan fingerprint density at radius 3 is 2.40 bits per heavy atom. The van der Waals surface area contributed by atoms with Gasteiger partial charge in [0.05, 0.1) is 11.3 Å². The van der Waals surface area contributed by atoms with Gasteiger partial charge in [-0.1, -0.05) is 0 Å². The zero-order valence-corrected chi connectivity index (χ0v) is 10.5. The number of hydrazine groups is 1. The molecule has 0 aliphatic carbocycles. The Morgan fingerprint density at radius 2 is 1.80 bits per heavy atom. The average molecular weight is 279 g/mol. The van der Waals surface area contributed by atoms with Crippen LogP contribution in [0.5, 0.6) is 0 Å². The van der Waals surface area contributed by atoms with Crippen LogP contribution in [0.3, 0.4) is 0 Å². The monoisotopic (exact) mass is 279 g/mol. The third-order valence-corrected chi connectivity index (χ3v) is 2.53. The lowest BCUT2D eigenvalue weighted by Gasteiger charge is -2.09. The number of benzene rings is 1. The molecule has 0 saturated heterocycles. The second kappa shape index (κ2) is 5.52. The van der Waals surface area contributed by atoms with E-state index >= 15 is 0 Å². The maximum Gasteiger partial charge on any atom is 0.271 e. The Hall–Kier alpha value is -2.70. The van der Waals surface area contributed by atoms with Gasteiger partial charge in [-0.05, 0) is 18.2 Å². The minimum Gasteiger partial charge on any atom is -0.318 e. The highest BCUT2D eigenvalue weighted by atomic mass is 19.1. The summed E-state index contributed by atoms with van der Waals surface area (Å²) >= 11 is 0. The minimum atomic E-state index is -0.760. The molecule has 0 bridgehead atoms. The lowest BCUT2D eigenvalue weighted by molar-refractivity contribution is 0.0962. The molecule has 1 amide bonds. The summed E-state index contributed by atoms with van der Waals surface area (Å²) in [6, 6.07) is 5.39. The van der Waals surface area contributed by atoms with Crippen molar-refractivity contribution in [2.24, 2.45) is 7.05 Å². The van der Waals surface area contributed by atoms with Crippen LogP contribution in [0.4, 0.5) is 14.5 Å². The summed E-state index contributed by atoms with van der Waals surface area (Å²) in [6.07, 6.45) is 1.35. The molecule has 0 atom stereocenters. The molecule has 2 rings (SSSR count). The molecule has 0 fully saturated rings. The molecule has 7 heteroatoms. The van der Waals surface area contributed by atoms with Crippen molar-refractivity contribution in [3.8, 4) is 0 Å². The van der Waals surface area contributed by atoms with E-state index in [4.69, 9.17) is 0 Å². The molecule has 2 aromatic rings. The van der Waals surface area contributed by atoms with Gasteiger partial charge < -0.3 is 4.57 Å². The third-order valence-electron chi connectivity index (χ3n) is 2.53. The van der Waals surface area contributed by atoms with Crippen molar-refractivity contribution in [1.29, 1.82) is 0 Å². The van der Waals surface area contributed by atoms with E-state index in [9.17, 15) is 18.4 Å². The first kappa shape index (κ1) is 13.7. The Kier molecular flexibility index (Phi) is 3.79. The second-order valence-corrected chi connectivity index (χ2v) is 4.10. The molecule has 1 heterocycles. The summed E-state index contributed by atoms with van der Waals surface area (Å²) in [7, 11) is 1.51. The summed E-state index contributed by atoms with van der Waals surface area (Å²) < 4.78 is 27.1. The molecule has 104 valence electrons. The van der Waals surface area contributed by atoms with Gasteiger partial charge in [-0.2, -0.15) is 0 Å². The molecule has 0 unspecified atom stereocenters. The summed E-state index contributed by atoms with van der Waals surface area (Å²) in [6.45, 7) is 0. The molecule has 0 aliphatic heterocycles. The van der Waals surface area contributed by atoms with Crippen LogP contribution in [0, 0.1) is 11.6 Å². The van der Waals surface area contributed by atoms with Gasteiger partial charge in [0.2, 0.25) is 5.56 Å². The highest BCUT2D eigenvalue weighted by Gasteiger charge is 2.07. The quantitative estimate of drug-likeness (QED) is 0.835. The average Bonchev–Trinajstić information content (AvgIpc) is 2.38. The molecular formula is C13H11F2N3O2. The largest absolute Gasteiger partial charge is 0.318 e. The van der Waals surface area contributed by atoms with Crippen molar-refractivity contribution in [2.45, 2.75) is 0 Å². The Balaban J connectivity index is 2.08. The molecule has 0 radical (unpaired) electrons. The van der Waals surface area contributed by atoms with Crippen LogP contribution in [-0.2, 0) is 7.05 Å². The molecule has 20 heavy (non-hydrogen) atoms. The smallest absolute Gasteiger partial charge is 0.271 e. The van der Waals surface area contributed by atoms with Crippen molar-refractivity contribution in [3.63, 3.8) is 0 Å². The van der Waals surface area contributed by atoms with Crippen LogP contribution < -0.4 is 16.4 Å². The molecule has 0 saturated carbocycles. The van der Waals surface area contributed by atoms with E-state index < -0.39 is 17.5 Å². The standard InChI is InChI=1S/C13H11F2N3O2/c1-18-7-8(2-3-12(18)19)13(20)17-16-11-5-9(14)4-10(15)6-11/h2-7,16H,1H3,(H,17,20). The van der Waals surface area contributed by atoms with Gasteiger partial charge in [0, 0.05) is 25.4 Å². The Morgan fingerprint density at radius 1 is 1.15 bits per heavy atom. The topological polar surface area (TPSA) is 63.1 Å². The molecule has 0 spiro atoms. The van der Waals surface area contributed by atoms with Crippen molar-refractivity contribution in [3.05, 3.63) is 64.1 Å². The lowest BCUT2D eigenvalue weighted by atomic mass is 10.2. The number of amides is 1. The van der Waals surface area contributed by atoms with E-state index in [1.807, 2.05) is 0 Å². The number of hydrogen-bond donors (Lipinski definition) is 2. The fraction of sp³-hybridized carbons (Fsp3) is 0.0769. The van der Waals surface area contributed by atoms with Gasteiger partial charge in [-0.3, -0.25) is 20.4 Å². The summed E-state index contributed by atoms with van der Waals surface area (Å²) in [5.74, 6) is -2.06. The predicted octanol–water partition coefficient (Wildman–Crippen LogP) is 1.42. The van der Waals surface area contributed by atoms with Crippen LogP contribution in [0.25, 0.3) is 0 Å². The number of anilines is 1. The number of halogens is 2. The van der Waals surface area contributed by atoms with Crippen molar-refractivity contribution in [2.75, 3.05) is 5.43 Å². The number of nitrogens with one attached hydrogen (secondary N) is 2. The normalized spacial score (nSPS) is 10.2. The van der Waals surface area contributed by atoms with Gasteiger partial charge in [0.15, 0.2) is 0 Å². The van der Waals surface area contributed by atoms with Crippen molar-refractivity contribution < 1.29 is 13.6 Å². The third kappa shape index (κ3) is 3.19. The van der Waals surface area contributed by atoms with E-state index in [2.05, 4.69) is 10.9 Å². The zero-order chi connectivity index (χ0) is 14.7. The summed E-state index contributed by atoms with van der Waals surface area (Å²) in [5.41, 5.74) is 4.72. The molecule has 1 aromatic carbocycles. The minimum absolute atomic E-state index is 0.0701. The first-order valence-electron chi connectivity index (χ1n) is 5.65. The first-order chi connectivity index (χ1) is 9.45. The maximum atomic E-state index is 12.9. The zero-order valence-electron chi connectivity index (χ0n) is 10.5. The van der Waals surface area contributed by atoms with Crippen LogP contribution in [0.15, 0.2) is 41.3 Å². The SMILES string of the molecule is Cn1cc(C(=O)NNc2cc(F)cc(F)c2)ccc1=O. The van der Waals surface area contributed by atoms with Gasteiger partial charge >= 0.3 is 0 Å². The maximum absolute atomic E-state index is 12.9. The van der Waals surface area contributed by atoms with E-state index in [1.165, 1.54) is 29.9 Å². The number of hydrogen-bond acceptors (Lipinski definition) is 3. The van der Waals surface area contributed by atoms with Crippen LogP contribution >= 0.6 is 0 Å². The van der Waals surface area contributed by atoms with Crippen molar-refractivity contribution in [1.82, 2.24) is 9.99 Å². The summed E-state index contributed by atoms with van der Waals surface area (Å²) in [5, 5.41) is 0. The molecule has 5 nitrogen and oxygen atoms in total. The predicted molar refractivity (Wildman–Crippen MR) is 69.1 cm³/mol. The summed E-state index contributed by atoms with van der Waals surface area (Å²) in [4.78, 5) is 23.0. The molecule has 2 N–H and O–H groups in total. The lowest BCUT2D eigenvalue weighted by Crippen LogP contribution is -2.30. The number of nitrogens with zero attached hydrogens (tertiary/aromatic N) is 1. The van der Waals surface area contributed by atoms with Gasteiger partial charge in [-0.15, -0.1) is 0 Å². The molecular weight excluding hydrogens is 268 g/mol. The number of carbonyl (C=O) groups excluding carboxylic acids is 1. The number of aromatic nitrogens is 1. The number of aryl methyl sites for hydroxylation is 1.